The molecular weight excluding hydrogens is 506 g/mol. The lowest BCUT2D eigenvalue weighted by molar-refractivity contribution is -0.143. The monoisotopic (exact) mass is 541 g/mol. The van der Waals surface area contributed by atoms with Gasteiger partial charge < -0.3 is 10.6 Å². The molecule has 30 heavy (non-hydrogen) atoms. The molecule has 1 aromatic rings. The van der Waals surface area contributed by atoms with E-state index in [1.54, 1.807) is 0 Å². The number of hydrogen-bond donors (Lipinski definition) is 2. The van der Waals surface area contributed by atoms with E-state index in [-0.39, 0.29) is 30.0 Å². The van der Waals surface area contributed by atoms with E-state index >= 15 is 0 Å². The van der Waals surface area contributed by atoms with E-state index in [1.807, 2.05) is 6.92 Å². The van der Waals surface area contributed by atoms with Gasteiger partial charge in [-0.2, -0.15) is 13.2 Å². The van der Waals surface area contributed by atoms with Crippen molar-refractivity contribution in [2.75, 3.05) is 39.3 Å². The number of rotatable bonds is 9. The first kappa shape index (κ1) is 27.0. The number of alkyl halides is 3. The van der Waals surface area contributed by atoms with E-state index in [9.17, 15) is 13.2 Å². The van der Waals surface area contributed by atoms with Gasteiger partial charge in [0.15, 0.2) is 5.96 Å². The Morgan fingerprint density at radius 3 is 2.33 bits per heavy atom. The van der Waals surface area contributed by atoms with Gasteiger partial charge in [-0.3, -0.25) is 9.80 Å². The molecule has 1 heterocycles. The van der Waals surface area contributed by atoms with E-state index in [0.717, 1.165) is 25.2 Å². The van der Waals surface area contributed by atoms with Crippen LogP contribution in [0.1, 0.15) is 38.3 Å². The van der Waals surface area contributed by atoms with Crippen LogP contribution < -0.4 is 10.6 Å². The minimum atomic E-state index is -4.15. The number of hydrogen-bond acceptors (Lipinski definition) is 3. The second-order valence-electron chi connectivity index (χ2n) is 7.45. The molecule has 1 aromatic carbocycles. The highest BCUT2D eigenvalue weighted by Crippen LogP contribution is 2.20. The zero-order chi connectivity index (χ0) is 21.3. The third-order valence-electron chi connectivity index (χ3n) is 5.10. The molecule has 172 valence electrons. The van der Waals surface area contributed by atoms with Crippen molar-refractivity contribution in [2.24, 2.45) is 4.99 Å². The highest BCUT2D eigenvalue weighted by Gasteiger charge is 2.34. The van der Waals surface area contributed by atoms with Crippen LogP contribution in [0.5, 0.6) is 0 Å². The van der Waals surface area contributed by atoms with Crippen LogP contribution in [0, 0.1) is 0 Å². The molecule has 1 aliphatic heterocycles. The number of nitrogens with zero attached hydrogens (tertiary/aromatic N) is 3. The van der Waals surface area contributed by atoms with Crippen LogP contribution in [-0.2, 0) is 13.1 Å². The van der Waals surface area contributed by atoms with Crippen LogP contribution >= 0.6 is 24.0 Å². The summed E-state index contributed by atoms with van der Waals surface area (Å²) in [6.45, 7) is 10.5. The standard InChI is InChI=1S/C21H34F3N5.HI/c1-4-25-20(27-19-11-12-29(15-19)16-21(22,23)24)26-13-17-7-9-18(10-8-17)14-28(5-2)6-3;/h7-10,19H,4-6,11-16H2,1-3H3,(H2,25,26,27);1H. The lowest BCUT2D eigenvalue weighted by Crippen LogP contribution is -2.45. The molecule has 2 N–H and O–H groups in total. The third-order valence-corrected chi connectivity index (χ3v) is 5.10. The van der Waals surface area contributed by atoms with Crippen molar-refractivity contribution in [2.45, 2.75) is 52.5 Å². The van der Waals surface area contributed by atoms with Crippen molar-refractivity contribution in [3.63, 3.8) is 0 Å². The summed E-state index contributed by atoms with van der Waals surface area (Å²) in [4.78, 5) is 8.42. The maximum Gasteiger partial charge on any atom is 0.401 e. The summed E-state index contributed by atoms with van der Waals surface area (Å²) in [5.41, 5.74) is 2.39. The molecule has 9 heteroatoms. The minimum Gasteiger partial charge on any atom is -0.357 e. The Balaban J connectivity index is 0.00000450. The third kappa shape index (κ3) is 9.82. The first-order chi connectivity index (χ1) is 13.8. The van der Waals surface area contributed by atoms with Gasteiger partial charge in [0.05, 0.1) is 13.1 Å². The molecule has 1 aliphatic rings. The van der Waals surface area contributed by atoms with Gasteiger partial charge >= 0.3 is 6.18 Å². The Morgan fingerprint density at radius 2 is 1.77 bits per heavy atom. The summed E-state index contributed by atoms with van der Waals surface area (Å²) in [7, 11) is 0. The average molecular weight is 541 g/mol. The largest absolute Gasteiger partial charge is 0.401 e. The fourth-order valence-corrected chi connectivity index (χ4v) is 3.49. The molecule has 0 radical (unpaired) electrons. The summed E-state index contributed by atoms with van der Waals surface area (Å²) in [5.74, 6) is 0.651. The van der Waals surface area contributed by atoms with Gasteiger partial charge in [-0.1, -0.05) is 38.1 Å². The number of benzene rings is 1. The molecular formula is C21H35F3IN5. The second-order valence-corrected chi connectivity index (χ2v) is 7.45. The zero-order valence-corrected chi connectivity index (χ0v) is 20.5. The van der Waals surface area contributed by atoms with Gasteiger partial charge in [0.1, 0.15) is 0 Å². The molecule has 5 nitrogen and oxygen atoms in total. The van der Waals surface area contributed by atoms with E-state index in [4.69, 9.17) is 0 Å². The predicted octanol–water partition coefficient (Wildman–Crippen LogP) is 3.84. The molecule has 0 spiro atoms. The van der Waals surface area contributed by atoms with Gasteiger partial charge in [0, 0.05) is 32.2 Å². The van der Waals surface area contributed by atoms with Gasteiger partial charge in [-0.15, -0.1) is 24.0 Å². The second kappa shape index (κ2) is 13.4. The topological polar surface area (TPSA) is 42.9 Å². The molecule has 0 aliphatic carbocycles. The Bertz CT molecular complexity index is 633. The van der Waals surface area contributed by atoms with Crippen molar-refractivity contribution in [1.82, 2.24) is 20.4 Å². The SMILES string of the molecule is CCNC(=NCc1ccc(CN(CC)CC)cc1)NC1CCN(CC(F)(F)F)C1.I. The van der Waals surface area contributed by atoms with Crippen LogP contribution in [0.2, 0.25) is 0 Å². The summed E-state index contributed by atoms with van der Waals surface area (Å²) in [6, 6.07) is 8.43. The Morgan fingerprint density at radius 1 is 1.13 bits per heavy atom. The van der Waals surface area contributed by atoms with Gasteiger partial charge in [-0.05, 0) is 37.6 Å². The first-order valence-electron chi connectivity index (χ1n) is 10.5. The molecule has 0 bridgehead atoms. The Hall–Kier alpha value is -1.07. The number of likely N-dealkylation sites (tertiary alicyclic amines) is 1. The normalized spacial score (nSPS) is 17.8. The van der Waals surface area contributed by atoms with Crippen LogP contribution in [0.15, 0.2) is 29.3 Å². The van der Waals surface area contributed by atoms with E-state index in [1.165, 1.54) is 10.5 Å². The zero-order valence-electron chi connectivity index (χ0n) is 18.1. The van der Waals surface area contributed by atoms with Crippen LogP contribution in [0.4, 0.5) is 13.2 Å². The fourth-order valence-electron chi connectivity index (χ4n) is 3.49. The van der Waals surface area contributed by atoms with E-state index < -0.39 is 12.7 Å². The lowest BCUT2D eigenvalue weighted by Gasteiger charge is -2.20. The Kier molecular flexibility index (Phi) is 12.0. The predicted molar refractivity (Wildman–Crippen MR) is 127 cm³/mol. The number of nitrogens with one attached hydrogen (secondary N) is 2. The minimum absolute atomic E-state index is 0. The molecule has 0 saturated carbocycles. The smallest absolute Gasteiger partial charge is 0.357 e. The maximum absolute atomic E-state index is 12.6. The quantitative estimate of drug-likeness (QED) is 0.284. The summed E-state index contributed by atoms with van der Waals surface area (Å²) in [6.07, 6.45) is -3.47. The number of aliphatic imine (C=N–C) groups is 1. The van der Waals surface area contributed by atoms with Crippen molar-refractivity contribution in [1.29, 1.82) is 0 Å². The summed E-state index contributed by atoms with van der Waals surface area (Å²) < 4.78 is 37.7. The number of guanidine groups is 1. The summed E-state index contributed by atoms with van der Waals surface area (Å²) >= 11 is 0. The molecule has 1 saturated heterocycles. The van der Waals surface area contributed by atoms with Crippen LogP contribution in [0.25, 0.3) is 0 Å². The molecule has 1 atom stereocenters. The maximum atomic E-state index is 12.6. The van der Waals surface area contributed by atoms with Crippen molar-refractivity contribution in [3.05, 3.63) is 35.4 Å². The van der Waals surface area contributed by atoms with Crippen molar-refractivity contribution < 1.29 is 13.2 Å². The van der Waals surface area contributed by atoms with Gasteiger partial charge in [0.25, 0.3) is 0 Å². The highest BCUT2D eigenvalue weighted by atomic mass is 127. The molecule has 1 fully saturated rings. The first-order valence-corrected chi connectivity index (χ1v) is 10.5. The van der Waals surface area contributed by atoms with Crippen LogP contribution in [0.3, 0.4) is 0 Å². The fraction of sp³-hybridized carbons (Fsp3) is 0.667. The van der Waals surface area contributed by atoms with Crippen molar-refractivity contribution in [3.8, 4) is 0 Å². The molecule has 0 aromatic heterocycles. The molecule has 0 amide bonds. The number of halogens is 4. The molecule has 1 unspecified atom stereocenters. The molecule has 2 rings (SSSR count). The van der Waals surface area contributed by atoms with Gasteiger partial charge in [-0.25, -0.2) is 4.99 Å². The highest BCUT2D eigenvalue weighted by molar-refractivity contribution is 14.0. The Labute approximate surface area is 195 Å². The van der Waals surface area contributed by atoms with Crippen molar-refractivity contribution >= 4 is 29.9 Å². The average Bonchev–Trinajstić information content (AvgIpc) is 3.10. The summed E-state index contributed by atoms with van der Waals surface area (Å²) in [5, 5.41) is 6.47. The van der Waals surface area contributed by atoms with Gasteiger partial charge in [0.2, 0.25) is 0 Å². The van der Waals surface area contributed by atoms with E-state index in [2.05, 4.69) is 58.6 Å². The van der Waals surface area contributed by atoms with E-state index in [0.29, 0.717) is 38.6 Å². The lowest BCUT2D eigenvalue weighted by atomic mass is 10.1. The van der Waals surface area contributed by atoms with Crippen LogP contribution in [-0.4, -0.2) is 67.2 Å².